The molecule has 0 spiro atoms. The standard InChI is InChI=1S/C16H15F3O2/c1-10-6-13-9-21-14(20)15(13,7-10)8-11-2-4-12(5-3-11)16(17,18)19/h2-5,13H,1,6-9H2. The fourth-order valence-corrected chi connectivity index (χ4v) is 3.44. The van der Waals surface area contributed by atoms with Crippen LogP contribution in [0.1, 0.15) is 24.0 Å². The van der Waals surface area contributed by atoms with E-state index in [9.17, 15) is 18.0 Å². The summed E-state index contributed by atoms with van der Waals surface area (Å²) in [5, 5.41) is 0. The minimum atomic E-state index is -4.34. The summed E-state index contributed by atoms with van der Waals surface area (Å²) in [6, 6.07) is 5.01. The van der Waals surface area contributed by atoms with E-state index >= 15 is 0 Å². The van der Waals surface area contributed by atoms with Crippen molar-refractivity contribution in [2.75, 3.05) is 6.61 Å². The fraction of sp³-hybridized carbons (Fsp3) is 0.438. The van der Waals surface area contributed by atoms with Crippen molar-refractivity contribution in [2.45, 2.75) is 25.4 Å². The van der Waals surface area contributed by atoms with Crippen LogP contribution in [0.15, 0.2) is 36.4 Å². The zero-order chi connectivity index (χ0) is 15.3. The summed E-state index contributed by atoms with van der Waals surface area (Å²) in [6.07, 6.45) is -2.61. The Morgan fingerprint density at radius 1 is 1.29 bits per heavy atom. The predicted molar refractivity (Wildman–Crippen MR) is 70.4 cm³/mol. The van der Waals surface area contributed by atoms with Gasteiger partial charge in [-0.15, -0.1) is 0 Å². The summed E-state index contributed by atoms with van der Waals surface area (Å²) in [7, 11) is 0. The minimum absolute atomic E-state index is 0.0970. The number of cyclic esters (lactones) is 1. The molecule has 1 heterocycles. The van der Waals surface area contributed by atoms with E-state index in [2.05, 4.69) is 6.58 Å². The summed E-state index contributed by atoms with van der Waals surface area (Å²) >= 11 is 0. The Morgan fingerprint density at radius 2 is 1.95 bits per heavy atom. The summed E-state index contributed by atoms with van der Waals surface area (Å²) in [6.45, 7) is 4.34. The molecule has 5 heteroatoms. The monoisotopic (exact) mass is 296 g/mol. The summed E-state index contributed by atoms with van der Waals surface area (Å²) < 4.78 is 42.9. The van der Waals surface area contributed by atoms with Crippen LogP contribution >= 0.6 is 0 Å². The van der Waals surface area contributed by atoms with Crippen LogP contribution in [0.25, 0.3) is 0 Å². The second-order valence-corrected chi connectivity index (χ2v) is 5.95. The van der Waals surface area contributed by atoms with Gasteiger partial charge >= 0.3 is 12.1 Å². The average Bonchev–Trinajstić information content (AvgIpc) is 2.85. The molecule has 112 valence electrons. The highest BCUT2D eigenvalue weighted by molar-refractivity contribution is 5.81. The van der Waals surface area contributed by atoms with E-state index in [1.807, 2.05) is 0 Å². The average molecular weight is 296 g/mol. The molecule has 21 heavy (non-hydrogen) atoms. The molecule has 0 amide bonds. The van der Waals surface area contributed by atoms with Crippen LogP contribution in [0.4, 0.5) is 13.2 Å². The Balaban J connectivity index is 1.85. The number of carbonyl (C=O) groups is 1. The van der Waals surface area contributed by atoms with Gasteiger partial charge in [0, 0.05) is 5.92 Å². The maximum Gasteiger partial charge on any atom is 0.416 e. The Bertz CT molecular complexity index is 589. The lowest BCUT2D eigenvalue weighted by Crippen LogP contribution is -2.31. The quantitative estimate of drug-likeness (QED) is 0.613. The smallest absolute Gasteiger partial charge is 0.416 e. The first-order valence-corrected chi connectivity index (χ1v) is 6.81. The minimum Gasteiger partial charge on any atom is -0.465 e. The van der Waals surface area contributed by atoms with Crippen LogP contribution in [-0.4, -0.2) is 12.6 Å². The third kappa shape index (κ3) is 2.34. The molecule has 2 unspecified atom stereocenters. The lowest BCUT2D eigenvalue weighted by atomic mass is 9.75. The second kappa shape index (κ2) is 4.61. The van der Waals surface area contributed by atoms with Gasteiger partial charge in [0.15, 0.2) is 0 Å². The van der Waals surface area contributed by atoms with E-state index in [4.69, 9.17) is 4.74 Å². The molecule has 2 fully saturated rings. The van der Waals surface area contributed by atoms with Crippen molar-refractivity contribution in [2.24, 2.45) is 11.3 Å². The molecule has 2 atom stereocenters. The first-order valence-electron chi connectivity index (χ1n) is 6.81. The van der Waals surface area contributed by atoms with Gasteiger partial charge in [0.1, 0.15) is 0 Å². The van der Waals surface area contributed by atoms with Crippen molar-refractivity contribution in [3.8, 4) is 0 Å². The van der Waals surface area contributed by atoms with Gasteiger partial charge in [-0.2, -0.15) is 13.2 Å². The molecule has 2 aliphatic rings. The van der Waals surface area contributed by atoms with Crippen LogP contribution < -0.4 is 0 Å². The molecule has 1 saturated carbocycles. The molecule has 0 N–H and O–H groups in total. The summed E-state index contributed by atoms with van der Waals surface area (Å²) in [5.74, 6) is -0.147. The van der Waals surface area contributed by atoms with E-state index < -0.39 is 17.2 Å². The molecule has 3 rings (SSSR count). The highest BCUT2D eigenvalue weighted by atomic mass is 19.4. The van der Waals surface area contributed by atoms with Crippen molar-refractivity contribution in [1.29, 1.82) is 0 Å². The number of esters is 1. The molecule has 1 aliphatic carbocycles. The van der Waals surface area contributed by atoms with Gasteiger partial charge < -0.3 is 4.74 Å². The molecule has 1 saturated heterocycles. The number of ether oxygens (including phenoxy) is 1. The number of halogens is 3. The molecular formula is C16H15F3O2. The van der Waals surface area contributed by atoms with Gasteiger partial charge in [-0.05, 0) is 37.0 Å². The lowest BCUT2D eigenvalue weighted by Gasteiger charge is -2.24. The molecule has 2 nitrogen and oxygen atoms in total. The number of carbonyl (C=O) groups excluding carboxylic acids is 1. The molecular weight excluding hydrogens is 281 g/mol. The van der Waals surface area contributed by atoms with Crippen LogP contribution in [0.3, 0.4) is 0 Å². The number of hydrogen-bond donors (Lipinski definition) is 0. The van der Waals surface area contributed by atoms with Gasteiger partial charge in [0.05, 0.1) is 17.6 Å². The number of fused-ring (bicyclic) bond motifs is 1. The molecule has 0 radical (unpaired) electrons. The number of alkyl halides is 3. The van der Waals surface area contributed by atoms with Crippen molar-refractivity contribution >= 4 is 5.97 Å². The predicted octanol–water partition coefficient (Wildman–Crippen LogP) is 3.76. The first kappa shape index (κ1) is 14.2. The van der Waals surface area contributed by atoms with Crippen LogP contribution in [0.2, 0.25) is 0 Å². The number of rotatable bonds is 2. The van der Waals surface area contributed by atoms with Crippen LogP contribution in [0.5, 0.6) is 0 Å². The normalized spacial score (nSPS) is 28.6. The Morgan fingerprint density at radius 3 is 2.57 bits per heavy atom. The van der Waals surface area contributed by atoms with E-state index in [1.54, 1.807) is 0 Å². The SMILES string of the molecule is C=C1CC2COC(=O)C2(Cc2ccc(C(F)(F)F)cc2)C1. The first-order chi connectivity index (χ1) is 9.81. The molecule has 0 aromatic heterocycles. The Hall–Kier alpha value is -1.78. The maximum atomic E-state index is 12.6. The van der Waals surface area contributed by atoms with Crippen molar-refractivity contribution < 1.29 is 22.7 Å². The Labute approximate surface area is 120 Å². The largest absolute Gasteiger partial charge is 0.465 e. The third-order valence-electron chi connectivity index (χ3n) is 4.50. The number of benzene rings is 1. The molecule has 1 aromatic carbocycles. The molecule has 1 aromatic rings. The number of allylic oxidation sites excluding steroid dienone is 1. The van der Waals surface area contributed by atoms with E-state index in [-0.39, 0.29) is 11.9 Å². The topological polar surface area (TPSA) is 26.3 Å². The van der Waals surface area contributed by atoms with Gasteiger partial charge in [0.25, 0.3) is 0 Å². The zero-order valence-corrected chi connectivity index (χ0v) is 11.4. The Kier molecular flexibility index (Phi) is 3.11. The van der Waals surface area contributed by atoms with Crippen molar-refractivity contribution in [1.82, 2.24) is 0 Å². The lowest BCUT2D eigenvalue weighted by molar-refractivity contribution is -0.146. The maximum absolute atomic E-state index is 12.6. The van der Waals surface area contributed by atoms with Gasteiger partial charge in [-0.3, -0.25) is 4.79 Å². The van der Waals surface area contributed by atoms with Crippen LogP contribution in [-0.2, 0) is 22.1 Å². The summed E-state index contributed by atoms with van der Waals surface area (Å²) in [4.78, 5) is 12.1. The fourth-order valence-electron chi connectivity index (χ4n) is 3.44. The van der Waals surface area contributed by atoms with Gasteiger partial charge in [-0.1, -0.05) is 24.3 Å². The highest BCUT2D eigenvalue weighted by Gasteiger charge is 2.55. The molecule has 0 bridgehead atoms. The van der Waals surface area contributed by atoms with E-state index in [0.717, 1.165) is 29.7 Å². The molecule has 1 aliphatic heterocycles. The van der Waals surface area contributed by atoms with Gasteiger partial charge in [0.2, 0.25) is 0 Å². The van der Waals surface area contributed by atoms with Crippen molar-refractivity contribution in [3.63, 3.8) is 0 Å². The number of hydrogen-bond acceptors (Lipinski definition) is 2. The highest BCUT2D eigenvalue weighted by Crippen LogP contribution is 2.52. The van der Waals surface area contributed by atoms with Crippen LogP contribution in [0, 0.1) is 11.3 Å². The second-order valence-electron chi connectivity index (χ2n) is 5.95. The van der Waals surface area contributed by atoms with E-state index in [0.29, 0.717) is 19.4 Å². The third-order valence-corrected chi connectivity index (χ3v) is 4.50. The van der Waals surface area contributed by atoms with Gasteiger partial charge in [-0.25, -0.2) is 0 Å². The van der Waals surface area contributed by atoms with Crippen molar-refractivity contribution in [3.05, 3.63) is 47.5 Å². The van der Waals surface area contributed by atoms with E-state index in [1.165, 1.54) is 12.1 Å². The summed E-state index contributed by atoms with van der Waals surface area (Å²) in [5.41, 5.74) is 0.437. The zero-order valence-electron chi connectivity index (χ0n) is 11.4.